The first-order chi connectivity index (χ1) is 18.5. The van der Waals surface area contributed by atoms with Crippen LogP contribution in [0.3, 0.4) is 0 Å². The molecule has 3 rings (SSSR count). The minimum Gasteiger partial charge on any atom is -0.387 e. The predicted molar refractivity (Wildman–Crippen MR) is 145 cm³/mol. The molecule has 1 saturated heterocycles. The van der Waals surface area contributed by atoms with E-state index in [-0.39, 0.29) is 23.4 Å². The first-order valence-electron chi connectivity index (χ1n) is 11.7. The molecule has 0 saturated carbocycles. The Morgan fingerprint density at radius 1 is 1.15 bits per heavy atom. The highest BCUT2D eigenvalue weighted by atomic mass is 32.2. The molecule has 2 aromatic rings. The van der Waals surface area contributed by atoms with Crippen LogP contribution in [0.2, 0.25) is 0 Å². The summed E-state index contributed by atoms with van der Waals surface area (Å²) < 4.78 is 38.6. The van der Waals surface area contributed by atoms with E-state index in [0.29, 0.717) is 17.9 Å². The third-order valence-electron chi connectivity index (χ3n) is 5.82. The molecule has 2 amide bonds. The molecule has 0 aromatic carbocycles. The number of hydrogen-bond acceptors (Lipinski definition) is 15. The van der Waals surface area contributed by atoms with Crippen LogP contribution in [0.4, 0.5) is 5.82 Å². The van der Waals surface area contributed by atoms with E-state index in [9.17, 15) is 28.2 Å². The van der Waals surface area contributed by atoms with Crippen LogP contribution >= 0.6 is 23.5 Å². The van der Waals surface area contributed by atoms with Crippen molar-refractivity contribution in [3.8, 4) is 0 Å². The van der Waals surface area contributed by atoms with E-state index in [1.165, 1.54) is 40.7 Å². The maximum absolute atomic E-state index is 12.7. The van der Waals surface area contributed by atoms with Gasteiger partial charge in [-0.2, -0.15) is 31.9 Å². The molecule has 0 spiro atoms. The van der Waals surface area contributed by atoms with Crippen LogP contribution in [-0.2, 0) is 28.8 Å². The number of aliphatic hydroxyl groups excluding tert-OH is 2. The van der Waals surface area contributed by atoms with E-state index in [2.05, 4.69) is 20.3 Å². The number of carbonyl (C=O) groups excluding carboxylic acids is 2. The van der Waals surface area contributed by atoms with Crippen molar-refractivity contribution < 1.29 is 37.1 Å². The van der Waals surface area contributed by atoms with Crippen molar-refractivity contribution in [3.63, 3.8) is 0 Å². The van der Waals surface area contributed by atoms with Crippen molar-refractivity contribution in [2.75, 3.05) is 36.4 Å². The average molecular weight is 609 g/mol. The molecule has 19 heteroatoms. The lowest BCUT2D eigenvalue weighted by atomic mass is 10.1. The third kappa shape index (κ3) is 7.91. The maximum Gasteiger partial charge on any atom is 0.362 e. The summed E-state index contributed by atoms with van der Waals surface area (Å²) in [4.78, 5) is 37.1. The van der Waals surface area contributed by atoms with Gasteiger partial charge in [0.25, 0.3) is 5.91 Å². The molecule has 6 atom stereocenters. The van der Waals surface area contributed by atoms with Gasteiger partial charge >= 0.3 is 10.3 Å². The van der Waals surface area contributed by atoms with E-state index in [0.717, 1.165) is 0 Å². The Balaban J connectivity index is 1.61. The number of nitrogens with one attached hydrogen (secondary N) is 2. The highest BCUT2D eigenvalue weighted by Gasteiger charge is 2.45. The SMILES string of the molecule is CSCC[C@H](NC(=O)[C@@H](N)CCSC)C(=O)NS(=O)(=O)OC[C@H]1O[C@@H](n2cnc3c(N)ncnc32)[C@H](O)[C@@H]1O. The Morgan fingerprint density at radius 2 is 1.85 bits per heavy atom. The Labute approximate surface area is 233 Å². The van der Waals surface area contributed by atoms with E-state index in [1.807, 2.05) is 6.26 Å². The summed E-state index contributed by atoms with van der Waals surface area (Å²) in [7, 11) is -4.68. The fourth-order valence-electron chi connectivity index (χ4n) is 3.69. The topological polar surface area (TPSA) is 247 Å². The minimum atomic E-state index is -4.68. The number of aromatic nitrogens is 4. The summed E-state index contributed by atoms with van der Waals surface area (Å²) in [6.07, 6.45) is 1.14. The molecule has 0 radical (unpaired) electrons. The summed E-state index contributed by atoms with van der Waals surface area (Å²) in [6.45, 7) is -0.734. The van der Waals surface area contributed by atoms with Gasteiger partial charge in [-0.1, -0.05) is 0 Å². The first-order valence-corrected chi connectivity index (χ1v) is 15.9. The largest absolute Gasteiger partial charge is 0.387 e. The van der Waals surface area contributed by atoms with E-state index >= 15 is 0 Å². The van der Waals surface area contributed by atoms with Gasteiger partial charge in [-0.3, -0.25) is 18.3 Å². The number of imidazole rings is 1. The zero-order chi connectivity index (χ0) is 28.7. The van der Waals surface area contributed by atoms with Gasteiger partial charge in [-0.25, -0.2) is 19.7 Å². The van der Waals surface area contributed by atoms with Gasteiger partial charge in [0.05, 0.1) is 19.0 Å². The molecule has 0 bridgehead atoms. The Bertz CT molecular complexity index is 1250. The third-order valence-corrected chi connectivity index (χ3v) is 8.01. The quantitative estimate of drug-likeness (QED) is 0.132. The van der Waals surface area contributed by atoms with Crippen molar-refractivity contribution >= 4 is 62.6 Å². The molecule has 39 heavy (non-hydrogen) atoms. The number of thioether (sulfide) groups is 2. The Morgan fingerprint density at radius 3 is 2.54 bits per heavy atom. The van der Waals surface area contributed by atoms with Crippen molar-refractivity contribution in [1.82, 2.24) is 29.6 Å². The number of anilines is 1. The molecule has 8 N–H and O–H groups in total. The molecule has 1 fully saturated rings. The smallest absolute Gasteiger partial charge is 0.362 e. The monoisotopic (exact) mass is 608 g/mol. The second-order valence-electron chi connectivity index (χ2n) is 8.56. The van der Waals surface area contributed by atoms with Crippen molar-refractivity contribution in [3.05, 3.63) is 12.7 Å². The molecular weight excluding hydrogens is 576 g/mol. The highest BCUT2D eigenvalue weighted by molar-refractivity contribution is 7.98. The second-order valence-corrected chi connectivity index (χ2v) is 11.9. The van der Waals surface area contributed by atoms with Gasteiger partial charge in [0.15, 0.2) is 17.7 Å². The molecule has 218 valence electrons. The second kappa shape index (κ2) is 13.9. The van der Waals surface area contributed by atoms with E-state index < -0.39 is 65.3 Å². The van der Waals surface area contributed by atoms with Crippen LogP contribution in [0.15, 0.2) is 12.7 Å². The number of ether oxygens (including phenoxy) is 1. The lowest BCUT2D eigenvalue weighted by Gasteiger charge is -2.20. The molecule has 3 heterocycles. The zero-order valence-electron chi connectivity index (χ0n) is 21.2. The van der Waals surface area contributed by atoms with Crippen molar-refractivity contribution in [1.29, 1.82) is 0 Å². The van der Waals surface area contributed by atoms with Crippen LogP contribution in [-0.4, -0.2) is 111 Å². The number of nitrogens with two attached hydrogens (primary N) is 2. The minimum absolute atomic E-state index is 0.0995. The summed E-state index contributed by atoms with van der Waals surface area (Å²) in [5.74, 6) is -0.391. The zero-order valence-corrected chi connectivity index (χ0v) is 23.6. The fraction of sp³-hybridized carbons (Fsp3) is 0.650. The maximum atomic E-state index is 12.7. The number of carbonyl (C=O) groups is 2. The lowest BCUT2D eigenvalue weighted by molar-refractivity contribution is -0.128. The molecular formula is C20H32N8O8S3. The Hall–Kier alpha value is -2.26. The van der Waals surface area contributed by atoms with Gasteiger partial charge in [0, 0.05) is 0 Å². The van der Waals surface area contributed by atoms with Gasteiger partial charge < -0.3 is 31.7 Å². The molecule has 0 unspecified atom stereocenters. The van der Waals surface area contributed by atoms with Gasteiger partial charge in [-0.15, -0.1) is 0 Å². The van der Waals surface area contributed by atoms with Crippen LogP contribution in [0.1, 0.15) is 19.1 Å². The Kier molecular flexibility index (Phi) is 11.1. The van der Waals surface area contributed by atoms with Gasteiger partial charge in [-0.05, 0) is 36.9 Å². The molecule has 0 aliphatic carbocycles. The van der Waals surface area contributed by atoms with E-state index in [1.54, 1.807) is 11.0 Å². The molecule has 2 aromatic heterocycles. The number of rotatable bonds is 14. The summed E-state index contributed by atoms with van der Waals surface area (Å²) in [5, 5.41) is 23.4. The average Bonchev–Trinajstić information content (AvgIpc) is 3.45. The molecule has 16 nitrogen and oxygen atoms in total. The number of nitrogen functional groups attached to an aromatic ring is 1. The number of fused-ring (bicyclic) bond motifs is 1. The summed E-state index contributed by atoms with van der Waals surface area (Å²) >= 11 is 2.92. The number of amides is 2. The lowest BCUT2D eigenvalue weighted by Crippen LogP contribution is -2.53. The summed E-state index contributed by atoms with van der Waals surface area (Å²) in [5.41, 5.74) is 12.1. The van der Waals surface area contributed by atoms with Crippen molar-refractivity contribution in [2.24, 2.45) is 5.73 Å². The van der Waals surface area contributed by atoms with Gasteiger partial charge in [0.1, 0.15) is 36.2 Å². The molecule has 1 aliphatic heterocycles. The molecule has 1 aliphatic rings. The van der Waals surface area contributed by atoms with E-state index in [4.69, 9.17) is 20.4 Å². The number of nitrogens with zero attached hydrogens (tertiary/aromatic N) is 4. The number of aliphatic hydroxyl groups is 2. The standard InChI is InChI=1S/C20H32N8O8S3/c1-37-5-3-10(21)18(31)26-11(4-6-38-2)19(32)27-39(33,34)35-7-12-14(29)15(30)20(36-12)28-9-25-13-16(22)23-8-24-17(13)28/h8-12,14-15,20,29-30H,3-7,21H2,1-2H3,(H,26,31)(H,27,32)(H2,22,23,24)/t10-,11-,12+,14+,15+,20+/m0/s1. The fourth-order valence-corrected chi connectivity index (χ4v) is 5.41. The van der Waals surface area contributed by atoms with Crippen LogP contribution in [0.25, 0.3) is 11.2 Å². The van der Waals surface area contributed by atoms with Gasteiger partial charge in [0.2, 0.25) is 5.91 Å². The highest BCUT2D eigenvalue weighted by Crippen LogP contribution is 2.32. The normalized spacial score (nSPS) is 23.0. The summed E-state index contributed by atoms with van der Waals surface area (Å²) in [6, 6.07) is -2.03. The van der Waals surface area contributed by atoms with Crippen LogP contribution < -0.4 is 21.5 Å². The van der Waals surface area contributed by atoms with Crippen molar-refractivity contribution in [2.45, 2.75) is 49.5 Å². The van der Waals surface area contributed by atoms with Crippen LogP contribution in [0, 0.1) is 0 Å². The predicted octanol–water partition coefficient (Wildman–Crippen LogP) is -2.28. The van der Waals surface area contributed by atoms with Crippen LogP contribution in [0.5, 0.6) is 0 Å². The number of hydrogen-bond donors (Lipinski definition) is 6. The first kappa shape index (κ1) is 31.3.